The predicted molar refractivity (Wildman–Crippen MR) is 71.9 cm³/mol. The number of rotatable bonds is 1. The normalized spacial score (nSPS) is 11.8. The monoisotopic (exact) mass is 342 g/mol. The Morgan fingerprint density at radius 2 is 1.50 bits per heavy atom. The standard InChI is InChI=1S/C13H5Cl3F4/c14-8-4-10(12(16)11(15)5-8)6-1-7(13(18,19)20)3-9(17)2-6/h1-5H. The van der Waals surface area contributed by atoms with Crippen molar-refractivity contribution in [2.45, 2.75) is 6.18 Å². The molecular formula is C13H5Cl3F4. The summed E-state index contributed by atoms with van der Waals surface area (Å²) >= 11 is 17.5. The van der Waals surface area contributed by atoms with Gasteiger partial charge in [-0.3, -0.25) is 0 Å². The molecule has 0 amide bonds. The van der Waals surface area contributed by atoms with Crippen molar-refractivity contribution in [3.63, 3.8) is 0 Å². The number of hydrogen-bond acceptors (Lipinski definition) is 0. The van der Waals surface area contributed by atoms with Gasteiger partial charge in [0.1, 0.15) is 5.82 Å². The fourth-order valence-electron chi connectivity index (χ4n) is 1.67. The summed E-state index contributed by atoms with van der Waals surface area (Å²) in [6.07, 6.45) is -4.66. The van der Waals surface area contributed by atoms with Gasteiger partial charge in [0, 0.05) is 10.6 Å². The Morgan fingerprint density at radius 3 is 2.10 bits per heavy atom. The molecule has 0 aliphatic heterocycles. The van der Waals surface area contributed by atoms with E-state index in [1.54, 1.807) is 0 Å². The molecule has 2 rings (SSSR count). The lowest BCUT2D eigenvalue weighted by Crippen LogP contribution is -2.05. The van der Waals surface area contributed by atoms with Crippen LogP contribution in [0.2, 0.25) is 15.1 Å². The first-order valence-electron chi connectivity index (χ1n) is 5.21. The maximum Gasteiger partial charge on any atom is 0.416 e. The first-order chi connectivity index (χ1) is 9.18. The summed E-state index contributed by atoms with van der Waals surface area (Å²) in [5.41, 5.74) is -1.03. The Bertz CT molecular complexity index is 665. The summed E-state index contributed by atoms with van der Waals surface area (Å²) < 4.78 is 51.4. The molecule has 0 saturated heterocycles. The third-order valence-electron chi connectivity index (χ3n) is 2.53. The van der Waals surface area contributed by atoms with Crippen LogP contribution in [0.3, 0.4) is 0 Å². The molecule has 0 aliphatic rings. The van der Waals surface area contributed by atoms with Gasteiger partial charge in [-0.1, -0.05) is 34.8 Å². The topological polar surface area (TPSA) is 0 Å². The lowest BCUT2D eigenvalue weighted by Gasteiger charge is -2.11. The SMILES string of the molecule is Fc1cc(-c2cc(Cl)cc(Cl)c2Cl)cc(C(F)(F)F)c1. The van der Waals surface area contributed by atoms with Gasteiger partial charge in [0.2, 0.25) is 0 Å². The Labute approximate surface area is 126 Å². The molecule has 2 aromatic carbocycles. The van der Waals surface area contributed by atoms with Crippen LogP contribution in [0.1, 0.15) is 5.56 Å². The molecule has 106 valence electrons. The van der Waals surface area contributed by atoms with E-state index in [4.69, 9.17) is 34.8 Å². The second-order valence-electron chi connectivity index (χ2n) is 3.98. The van der Waals surface area contributed by atoms with Crippen LogP contribution in [-0.4, -0.2) is 0 Å². The molecule has 0 bridgehead atoms. The van der Waals surface area contributed by atoms with Crippen molar-refractivity contribution in [1.29, 1.82) is 0 Å². The van der Waals surface area contributed by atoms with Gasteiger partial charge in [0.05, 0.1) is 15.6 Å². The van der Waals surface area contributed by atoms with E-state index in [-0.39, 0.29) is 26.2 Å². The molecule has 0 fully saturated rings. The third-order valence-corrected chi connectivity index (χ3v) is 3.55. The van der Waals surface area contributed by atoms with E-state index in [1.165, 1.54) is 12.1 Å². The molecule has 0 saturated carbocycles. The predicted octanol–water partition coefficient (Wildman–Crippen LogP) is 6.47. The number of alkyl halides is 3. The largest absolute Gasteiger partial charge is 0.416 e. The Morgan fingerprint density at radius 1 is 0.850 bits per heavy atom. The average molecular weight is 344 g/mol. The second-order valence-corrected chi connectivity index (χ2v) is 5.20. The van der Waals surface area contributed by atoms with E-state index in [2.05, 4.69) is 0 Å². The van der Waals surface area contributed by atoms with Gasteiger partial charge >= 0.3 is 6.18 Å². The molecule has 0 aliphatic carbocycles. The highest BCUT2D eigenvalue weighted by atomic mass is 35.5. The van der Waals surface area contributed by atoms with Crippen LogP contribution in [0.4, 0.5) is 17.6 Å². The van der Waals surface area contributed by atoms with Gasteiger partial charge in [-0.25, -0.2) is 4.39 Å². The van der Waals surface area contributed by atoms with Gasteiger partial charge < -0.3 is 0 Å². The molecule has 7 heteroatoms. The molecule has 0 aromatic heterocycles. The van der Waals surface area contributed by atoms with E-state index < -0.39 is 17.6 Å². The van der Waals surface area contributed by atoms with E-state index in [9.17, 15) is 17.6 Å². The molecule has 20 heavy (non-hydrogen) atoms. The first-order valence-corrected chi connectivity index (χ1v) is 6.34. The highest BCUT2D eigenvalue weighted by Gasteiger charge is 2.31. The molecule has 0 atom stereocenters. The number of halogens is 7. The van der Waals surface area contributed by atoms with Crippen molar-refractivity contribution in [2.75, 3.05) is 0 Å². The Balaban J connectivity index is 2.68. The Hall–Kier alpha value is -0.970. The smallest absolute Gasteiger partial charge is 0.207 e. The van der Waals surface area contributed by atoms with E-state index >= 15 is 0 Å². The minimum absolute atomic E-state index is 0.00907. The summed E-state index contributed by atoms with van der Waals surface area (Å²) in [7, 11) is 0. The van der Waals surface area contributed by atoms with Crippen LogP contribution < -0.4 is 0 Å². The minimum atomic E-state index is -4.66. The molecule has 0 N–H and O–H groups in total. The second kappa shape index (κ2) is 5.43. The lowest BCUT2D eigenvalue weighted by molar-refractivity contribution is -0.137. The van der Waals surface area contributed by atoms with Crippen molar-refractivity contribution < 1.29 is 17.6 Å². The molecule has 0 unspecified atom stereocenters. The molecular weight excluding hydrogens is 338 g/mol. The first kappa shape index (κ1) is 15.4. The number of benzene rings is 2. The van der Waals surface area contributed by atoms with Crippen molar-refractivity contribution in [3.8, 4) is 11.1 Å². The average Bonchev–Trinajstić information content (AvgIpc) is 2.32. The molecule has 0 radical (unpaired) electrons. The van der Waals surface area contributed by atoms with E-state index in [0.717, 1.165) is 12.1 Å². The third kappa shape index (κ3) is 3.19. The molecule has 2 aromatic rings. The van der Waals surface area contributed by atoms with Gasteiger partial charge in [-0.2, -0.15) is 13.2 Å². The van der Waals surface area contributed by atoms with Gasteiger partial charge in [0.15, 0.2) is 0 Å². The van der Waals surface area contributed by atoms with Crippen LogP contribution in [0, 0.1) is 5.82 Å². The van der Waals surface area contributed by atoms with Crippen LogP contribution >= 0.6 is 34.8 Å². The fraction of sp³-hybridized carbons (Fsp3) is 0.0769. The van der Waals surface area contributed by atoms with Crippen LogP contribution in [0.25, 0.3) is 11.1 Å². The van der Waals surface area contributed by atoms with E-state index in [1.807, 2.05) is 0 Å². The summed E-state index contributed by atoms with van der Waals surface area (Å²) in [5.74, 6) is -1.03. The van der Waals surface area contributed by atoms with Gasteiger partial charge in [-0.15, -0.1) is 0 Å². The van der Waals surface area contributed by atoms with Crippen molar-refractivity contribution >= 4 is 34.8 Å². The summed E-state index contributed by atoms with van der Waals surface area (Å²) in [4.78, 5) is 0. The summed E-state index contributed by atoms with van der Waals surface area (Å²) in [5, 5.41) is 0.272. The van der Waals surface area contributed by atoms with Crippen molar-refractivity contribution in [2.24, 2.45) is 0 Å². The van der Waals surface area contributed by atoms with Crippen LogP contribution in [0.15, 0.2) is 30.3 Å². The molecule has 0 heterocycles. The quantitative estimate of drug-likeness (QED) is 0.411. The maximum absolute atomic E-state index is 13.4. The zero-order valence-corrected chi connectivity index (χ0v) is 11.8. The fourth-order valence-corrected chi connectivity index (χ4v) is 2.39. The lowest BCUT2D eigenvalue weighted by atomic mass is 10.0. The van der Waals surface area contributed by atoms with Crippen LogP contribution in [-0.2, 0) is 6.18 Å². The zero-order valence-electron chi connectivity index (χ0n) is 9.53. The van der Waals surface area contributed by atoms with Gasteiger partial charge in [-0.05, 0) is 35.9 Å². The van der Waals surface area contributed by atoms with Crippen molar-refractivity contribution in [1.82, 2.24) is 0 Å². The summed E-state index contributed by atoms with van der Waals surface area (Å²) in [6, 6.07) is 4.80. The van der Waals surface area contributed by atoms with E-state index in [0.29, 0.717) is 6.07 Å². The molecule has 0 nitrogen and oxygen atoms in total. The van der Waals surface area contributed by atoms with Crippen LogP contribution in [0.5, 0.6) is 0 Å². The Kier molecular flexibility index (Phi) is 4.19. The highest BCUT2D eigenvalue weighted by molar-refractivity contribution is 6.45. The van der Waals surface area contributed by atoms with Gasteiger partial charge in [0.25, 0.3) is 0 Å². The zero-order chi connectivity index (χ0) is 15.1. The highest BCUT2D eigenvalue weighted by Crippen LogP contribution is 2.39. The summed E-state index contributed by atoms with van der Waals surface area (Å²) in [6.45, 7) is 0. The minimum Gasteiger partial charge on any atom is -0.207 e. The maximum atomic E-state index is 13.4. The van der Waals surface area contributed by atoms with Crippen molar-refractivity contribution in [3.05, 3.63) is 56.8 Å². The molecule has 0 spiro atoms. The number of hydrogen-bond donors (Lipinski definition) is 0.